The summed E-state index contributed by atoms with van der Waals surface area (Å²) in [6.07, 6.45) is 1.90. The number of hydrogen-bond acceptors (Lipinski definition) is 4. The van der Waals surface area contributed by atoms with Crippen LogP contribution in [-0.4, -0.2) is 60.8 Å². The summed E-state index contributed by atoms with van der Waals surface area (Å²) < 4.78 is 6.66. The largest absolute Gasteiger partial charge is 0.478 e. The number of amides is 2. The molecule has 0 radical (unpaired) electrons. The van der Waals surface area contributed by atoms with Gasteiger partial charge in [-0.3, -0.25) is 10.1 Å². The summed E-state index contributed by atoms with van der Waals surface area (Å²) in [5, 5.41) is 14.7. The molecular weight excluding hydrogens is 482 g/mol. The van der Waals surface area contributed by atoms with Gasteiger partial charge in [0.1, 0.15) is 6.10 Å². The minimum Gasteiger partial charge on any atom is -0.478 e. The van der Waals surface area contributed by atoms with Gasteiger partial charge in [0, 0.05) is 30.5 Å². The molecule has 8 nitrogen and oxygen atoms in total. The maximum atomic E-state index is 12.7. The number of benzene rings is 3. The first-order valence-corrected chi connectivity index (χ1v) is 12.8. The van der Waals surface area contributed by atoms with Crippen LogP contribution in [0.15, 0.2) is 72.8 Å². The highest BCUT2D eigenvalue weighted by atomic mass is 16.6. The highest BCUT2D eigenvalue weighted by molar-refractivity contribution is 5.93. The number of carbonyl (C=O) groups excluding carboxylic acids is 2. The number of carboxylic acid groups (broad SMARTS) is 1. The van der Waals surface area contributed by atoms with Crippen LogP contribution in [0.4, 0.5) is 16.2 Å². The highest BCUT2D eigenvalue weighted by Crippen LogP contribution is 2.30. The molecule has 4 rings (SSSR count). The van der Waals surface area contributed by atoms with Crippen molar-refractivity contribution in [1.29, 1.82) is 0 Å². The van der Waals surface area contributed by atoms with Crippen LogP contribution in [0.1, 0.15) is 35.2 Å². The first-order valence-electron chi connectivity index (χ1n) is 12.8. The molecule has 0 aromatic heterocycles. The number of aryl methyl sites for hydroxylation is 1. The van der Waals surface area contributed by atoms with E-state index in [9.17, 15) is 14.4 Å². The zero-order valence-corrected chi connectivity index (χ0v) is 21.8. The smallest absolute Gasteiger partial charge is 0.411 e. The molecule has 8 heteroatoms. The number of carboxylic acids is 1. The number of hydrogen-bond donors (Lipinski definition) is 3. The summed E-state index contributed by atoms with van der Waals surface area (Å²) in [7, 11) is 4.37. The number of carbonyl (C=O) groups is 3. The molecule has 3 N–H and O–H groups in total. The van der Waals surface area contributed by atoms with E-state index in [2.05, 4.69) is 24.7 Å². The van der Waals surface area contributed by atoms with Crippen LogP contribution < -0.4 is 10.6 Å². The van der Waals surface area contributed by atoms with E-state index in [1.54, 1.807) is 12.1 Å². The number of rotatable bonds is 8. The predicted octanol–water partition coefficient (Wildman–Crippen LogP) is 5.41. The van der Waals surface area contributed by atoms with Crippen LogP contribution in [0.5, 0.6) is 0 Å². The maximum absolute atomic E-state index is 12.7. The van der Waals surface area contributed by atoms with E-state index in [1.807, 2.05) is 48.5 Å². The third-order valence-electron chi connectivity index (χ3n) is 6.85. The van der Waals surface area contributed by atoms with Gasteiger partial charge in [0.15, 0.2) is 0 Å². The van der Waals surface area contributed by atoms with Gasteiger partial charge in [0.2, 0.25) is 5.91 Å². The van der Waals surface area contributed by atoms with E-state index >= 15 is 0 Å². The third-order valence-corrected chi connectivity index (χ3v) is 6.85. The number of aromatic carboxylic acids is 1. The van der Waals surface area contributed by atoms with Crippen LogP contribution in [0.3, 0.4) is 0 Å². The van der Waals surface area contributed by atoms with Crippen LogP contribution in [-0.2, 0) is 16.0 Å². The monoisotopic (exact) mass is 516 g/mol. The Hall–Kier alpha value is -4.17. The first kappa shape index (κ1) is 26.9. The fourth-order valence-corrected chi connectivity index (χ4v) is 4.54. The number of nitrogens with zero attached hydrogens (tertiary/aromatic N) is 1. The summed E-state index contributed by atoms with van der Waals surface area (Å²) in [5.41, 5.74) is 4.11. The van der Waals surface area contributed by atoms with Crippen molar-refractivity contribution in [3.8, 4) is 11.1 Å². The number of likely N-dealkylation sites (tertiary alicyclic amines) is 1. The van der Waals surface area contributed by atoms with Gasteiger partial charge in [0.25, 0.3) is 0 Å². The predicted molar refractivity (Wildman–Crippen MR) is 147 cm³/mol. The summed E-state index contributed by atoms with van der Waals surface area (Å²) in [4.78, 5) is 36.2. The lowest BCUT2D eigenvalue weighted by Gasteiger charge is -2.36. The van der Waals surface area contributed by atoms with Gasteiger partial charge in [-0.1, -0.05) is 36.4 Å². The quantitative estimate of drug-likeness (QED) is 0.347. The molecule has 0 atom stereocenters. The first-order chi connectivity index (χ1) is 18.2. The van der Waals surface area contributed by atoms with Crippen LogP contribution in [0, 0.1) is 0 Å². The summed E-state index contributed by atoms with van der Waals surface area (Å²) >= 11 is 0. The zero-order valence-electron chi connectivity index (χ0n) is 21.8. The SMILES string of the molecule is C[N+]1(C)CCC(OC(=O)Nc2ccc(CCC(=O)Nc3ccc(C(=O)O)cc3)cc2-c2ccccc2)CC1. The molecule has 198 valence electrons. The number of nitrogens with one attached hydrogen (secondary N) is 2. The van der Waals surface area contributed by atoms with Crippen molar-refractivity contribution < 1.29 is 28.7 Å². The normalized spacial score (nSPS) is 14.9. The average Bonchev–Trinajstić information content (AvgIpc) is 2.90. The second-order valence-corrected chi connectivity index (χ2v) is 10.3. The second-order valence-electron chi connectivity index (χ2n) is 10.3. The van der Waals surface area contributed by atoms with Gasteiger partial charge in [-0.2, -0.15) is 0 Å². The van der Waals surface area contributed by atoms with Crippen molar-refractivity contribution in [2.45, 2.75) is 31.8 Å². The molecule has 1 saturated heterocycles. The molecule has 0 saturated carbocycles. The van der Waals surface area contributed by atoms with Crippen molar-refractivity contribution in [1.82, 2.24) is 0 Å². The molecule has 38 heavy (non-hydrogen) atoms. The van der Waals surface area contributed by atoms with E-state index in [4.69, 9.17) is 9.84 Å². The van der Waals surface area contributed by atoms with Crippen LogP contribution in [0.2, 0.25) is 0 Å². The molecule has 1 aliphatic rings. The Balaban J connectivity index is 1.40. The standard InChI is InChI=1S/C30H33N3O5/c1-33(2)18-16-25(17-19-33)38-30(37)32-27-14-8-21(20-26(27)22-6-4-3-5-7-22)9-15-28(34)31-24-12-10-23(11-13-24)29(35)36/h3-8,10-14,20,25H,9,15-19H2,1-2H3,(H2-,31,32,34,35,36,37)/p+1. The van der Waals surface area contributed by atoms with Gasteiger partial charge >= 0.3 is 12.1 Å². The lowest BCUT2D eigenvalue weighted by molar-refractivity contribution is -0.896. The molecule has 2 amide bonds. The molecule has 3 aromatic rings. The van der Waals surface area contributed by atoms with E-state index in [1.165, 1.54) is 12.1 Å². The Morgan fingerprint density at radius 1 is 0.921 bits per heavy atom. The van der Waals surface area contributed by atoms with Gasteiger partial charge in [0.05, 0.1) is 38.4 Å². The Morgan fingerprint density at radius 2 is 1.61 bits per heavy atom. The van der Waals surface area contributed by atoms with Crippen molar-refractivity contribution in [2.24, 2.45) is 0 Å². The molecule has 1 aliphatic heterocycles. The number of anilines is 2. The fraction of sp³-hybridized carbons (Fsp3) is 0.300. The fourth-order valence-electron chi connectivity index (χ4n) is 4.54. The topological polar surface area (TPSA) is 105 Å². The van der Waals surface area contributed by atoms with E-state index in [0.717, 1.165) is 47.1 Å². The molecule has 0 spiro atoms. The Bertz CT molecular complexity index is 1280. The lowest BCUT2D eigenvalue weighted by Crippen LogP contribution is -2.48. The Kier molecular flexibility index (Phi) is 8.43. The molecule has 0 unspecified atom stereocenters. The summed E-state index contributed by atoms with van der Waals surface area (Å²) in [6, 6.07) is 21.6. The van der Waals surface area contributed by atoms with Gasteiger partial charge in [-0.25, -0.2) is 9.59 Å². The molecule has 0 aliphatic carbocycles. The second kappa shape index (κ2) is 11.9. The molecular formula is C30H34N3O5+. The third kappa shape index (κ3) is 7.43. The molecule has 1 fully saturated rings. The zero-order chi connectivity index (χ0) is 27.1. The number of quaternary nitrogens is 1. The van der Waals surface area contributed by atoms with Crippen LogP contribution in [0.25, 0.3) is 11.1 Å². The number of piperidine rings is 1. The van der Waals surface area contributed by atoms with Crippen LogP contribution >= 0.6 is 0 Å². The summed E-state index contributed by atoms with van der Waals surface area (Å²) in [5.74, 6) is -1.19. The Morgan fingerprint density at radius 3 is 2.26 bits per heavy atom. The highest BCUT2D eigenvalue weighted by Gasteiger charge is 2.28. The van der Waals surface area contributed by atoms with Gasteiger partial charge in [-0.15, -0.1) is 0 Å². The van der Waals surface area contributed by atoms with Crippen molar-refractivity contribution >= 4 is 29.3 Å². The van der Waals surface area contributed by atoms with Crippen molar-refractivity contribution in [3.63, 3.8) is 0 Å². The van der Waals surface area contributed by atoms with Gasteiger partial charge < -0.3 is 19.6 Å². The van der Waals surface area contributed by atoms with E-state index in [0.29, 0.717) is 17.8 Å². The number of ether oxygens (including phenoxy) is 1. The molecule has 1 heterocycles. The van der Waals surface area contributed by atoms with E-state index < -0.39 is 12.1 Å². The maximum Gasteiger partial charge on any atom is 0.411 e. The molecule has 3 aromatic carbocycles. The Labute approximate surface area is 222 Å². The summed E-state index contributed by atoms with van der Waals surface area (Å²) in [6.45, 7) is 1.95. The van der Waals surface area contributed by atoms with Crippen molar-refractivity contribution in [3.05, 3.63) is 83.9 Å². The lowest BCUT2D eigenvalue weighted by atomic mass is 9.99. The van der Waals surface area contributed by atoms with Crippen molar-refractivity contribution in [2.75, 3.05) is 37.8 Å². The average molecular weight is 517 g/mol. The minimum atomic E-state index is -1.01. The molecule has 0 bridgehead atoms. The minimum absolute atomic E-state index is 0.0839. The van der Waals surface area contributed by atoms with E-state index in [-0.39, 0.29) is 24.0 Å². The van der Waals surface area contributed by atoms with Gasteiger partial charge in [-0.05, 0) is 53.9 Å².